The molecule has 82 valence electrons. The Morgan fingerprint density at radius 1 is 1.47 bits per heavy atom. The van der Waals surface area contributed by atoms with Crippen LogP contribution in [0.3, 0.4) is 0 Å². The molecule has 0 saturated carbocycles. The third-order valence-electron chi connectivity index (χ3n) is 2.31. The molecule has 0 aliphatic heterocycles. The highest BCUT2D eigenvalue weighted by Gasteiger charge is 2.07. The summed E-state index contributed by atoms with van der Waals surface area (Å²) in [4.78, 5) is 4.30. The van der Waals surface area contributed by atoms with Crippen LogP contribution >= 0.6 is 12.4 Å². The van der Waals surface area contributed by atoms with Crippen molar-refractivity contribution in [1.29, 1.82) is 0 Å². The number of aliphatic hydroxyl groups excluding tert-OH is 1. The van der Waals surface area contributed by atoms with E-state index < -0.39 is 0 Å². The zero-order valence-corrected chi connectivity index (χ0v) is 9.29. The van der Waals surface area contributed by atoms with E-state index in [-0.39, 0.29) is 19.0 Å². The number of nitrogen functional groups attached to an aromatic ring is 1. The van der Waals surface area contributed by atoms with Gasteiger partial charge in [0, 0.05) is 12.2 Å². The number of hydrogen-bond donors (Lipinski definition) is 2. The molecule has 1 aromatic heterocycles. The third kappa shape index (κ3) is 1.91. The number of aryl methyl sites for hydroxylation is 1. The Morgan fingerprint density at radius 2 is 2.20 bits per heavy atom. The molecule has 0 aliphatic rings. The van der Waals surface area contributed by atoms with Crippen LogP contribution in [0, 0.1) is 0 Å². The first-order chi connectivity index (χ1) is 6.76. The molecule has 2 rings (SSSR count). The van der Waals surface area contributed by atoms with Crippen LogP contribution < -0.4 is 5.73 Å². The van der Waals surface area contributed by atoms with Gasteiger partial charge in [0.05, 0.1) is 11.0 Å². The Bertz CT molecular complexity index is 467. The number of aliphatic hydroxyl groups is 1. The molecule has 0 bridgehead atoms. The number of benzene rings is 1. The summed E-state index contributed by atoms with van der Waals surface area (Å²) in [5.41, 5.74) is 8.21. The van der Waals surface area contributed by atoms with Crippen LogP contribution in [0.15, 0.2) is 18.2 Å². The molecule has 4 nitrogen and oxygen atoms in total. The zero-order valence-electron chi connectivity index (χ0n) is 8.47. The van der Waals surface area contributed by atoms with E-state index in [1.165, 1.54) is 0 Å². The number of aromatic nitrogens is 2. The summed E-state index contributed by atoms with van der Waals surface area (Å²) < 4.78 is 1.98. The number of anilines is 1. The summed E-state index contributed by atoms with van der Waals surface area (Å²) >= 11 is 0. The summed E-state index contributed by atoms with van der Waals surface area (Å²) in [6, 6.07) is 5.60. The highest BCUT2D eigenvalue weighted by atomic mass is 35.5. The minimum atomic E-state index is -0.0393. The van der Waals surface area contributed by atoms with Gasteiger partial charge in [0.1, 0.15) is 12.4 Å². The van der Waals surface area contributed by atoms with Gasteiger partial charge in [-0.3, -0.25) is 0 Å². The highest BCUT2D eigenvalue weighted by molar-refractivity contribution is 5.85. The average Bonchev–Trinajstić information content (AvgIpc) is 2.54. The van der Waals surface area contributed by atoms with Crippen LogP contribution in [-0.2, 0) is 13.2 Å². The zero-order chi connectivity index (χ0) is 10.1. The number of halogens is 1. The summed E-state index contributed by atoms with van der Waals surface area (Å²) in [5.74, 6) is 0.688. The maximum atomic E-state index is 9.11. The van der Waals surface area contributed by atoms with Crippen molar-refractivity contribution in [2.24, 2.45) is 0 Å². The van der Waals surface area contributed by atoms with Crippen LogP contribution in [0.2, 0.25) is 0 Å². The summed E-state index contributed by atoms with van der Waals surface area (Å²) in [7, 11) is 0. The van der Waals surface area contributed by atoms with E-state index in [0.29, 0.717) is 11.5 Å². The molecule has 0 aliphatic carbocycles. The summed E-state index contributed by atoms with van der Waals surface area (Å²) in [6.45, 7) is 2.79. The molecule has 0 unspecified atom stereocenters. The molecule has 15 heavy (non-hydrogen) atoms. The molecular weight excluding hydrogens is 214 g/mol. The minimum Gasteiger partial charge on any atom is -0.399 e. The van der Waals surface area contributed by atoms with Crippen LogP contribution in [-0.4, -0.2) is 14.7 Å². The van der Waals surface area contributed by atoms with Crippen LogP contribution in [0.4, 0.5) is 5.69 Å². The van der Waals surface area contributed by atoms with Crippen molar-refractivity contribution >= 4 is 29.1 Å². The van der Waals surface area contributed by atoms with Crippen LogP contribution in [0.25, 0.3) is 11.0 Å². The fourth-order valence-electron chi connectivity index (χ4n) is 1.67. The van der Waals surface area contributed by atoms with E-state index >= 15 is 0 Å². The van der Waals surface area contributed by atoms with Gasteiger partial charge in [0.25, 0.3) is 0 Å². The number of nitrogens with two attached hydrogens (primary N) is 1. The lowest BCUT2D eigenvalue weighted by Crippen LogP contribution is -2.00. The van der Waals surface area contributed by atoms with Gasteiger partial charge < -0.3 is 15.4 Å². The topological polar surface area (TPSA) is 64.1 Å². The molecule has 1 heterocycles. The molecule has 0 atom stereocenters. The maximum absolute atomic E-state index is 9.11. The molecule has 5 heteroatoms. The van der Waals surface area contributed by atoms with E-state index in [2.05, 4.69) is 4.98 Å². The van der Waals surface area contributed by atoms with E-state index in [1.54, 1.807) is 0 Å². The Kier molecular flexibility index (Phi) is 3.55. The standard InChI is InChI=1S/C10H13N3O.ClH/c1-2-13-9-4-3-7(11)5-8(9)12-10(13)6-14;/h3-5,14H,2,6,11H2,1H3;1H. The molecule has 0 fully saturated rings. The number of rotatable bonds is 2. The van der Waals surface area contributed by atoms with Gasteiger partial charge in [0.2, 0.25) is 0 Å². The lowest BCUT2D eigenvalue weighted by atomic mass is 10.3. The Labute approximate surface area is 94.1 Å². The largest absolute Gasteiger partial charge is 0.399 e. The van der Waals surface area contributed by atoms with Gasteiger partial charge in [-0.2, -0.15) is 0 Å². The SMILES string of the molecule is CCn1c(CO)nc2cc(N)ccc21.Cl. The number of nitrogens with zero attached hydrogens (tertiary/aromatic N) is 2. The lowest BCUT2D eigenvalue weighted by Gasteiger charge is -2.02. The Hall–Kier alpha value is -1.26. The first-order valence-electron chi connectivity index (χ1n) is 4.61. The molecule has 0 spiro atoms. The van der Waals surface area contributed by atoms with Crippen molar-refractivity contribution < 1.29 is 5.11 Å². The first-order valence-corrected chi connectivity index (χ1v) is 4.61. The monoisotopic (exact) mass is 227 g/mol. The second-order valence-electron chi connectivity index (χ2n) is 3.18. The van der Waals surface area contributed by atoms with Crippen LogP contribution in [0.5, 0.6) is 0 Å². The lowest BCUT2D eigenvalue weighted by molar-refractivity contribution is 0.266. The van der Waals surface area contributed by atoms with Gasteiger partial charge in [-0.25, -0.2) is 4.98 Å². The Morgan fingerprint density at radius 3 is 2.80 bits per heavy atom. The number of imidazole rings is 1. The van der Waals surface area contributed by atoms with Gasteiger partial charge >= 0.3 is 0 Å². The number of fused-ring (bicyclic) bond motifs is 1. The van der Waals surface area contributed by atoms with Crippen molar-refractivity contribution in [2.45, 2.75) is 20.1 Å². The summed E-state index contributed by atoms with van der Waals surface area (Å²) in [5, 5.41) is 9.11. The van der Waals surface area contributed by atoms with Crippen molar-refractivity contribution in [3.8, 4) is 0 Å². The quantitative estimate of drug-likeness (QED) is 0.766. The predicted octanol–water partition coefficient (Wildman–Crippen LogP) is 1.55. The molecule has 0 amide bonds. The van der Waals surface area contributed by atoms with Crippen molar-refractivity contribution in [2.75, 3.05) is 5.73 Å². The second kappa shape index (κ2) is 4.51. The summed E-state index contributed by atoms with van der Waals surface area (Å²) in [6.07, 6.45) is 0. The normalized spacial score (nSPS) is 10.3. The smallest absolute Gasteiger partial charge is 0.135 e. The fraction of sp³-hybridized carbons (Fsp3) is 0.300. The second-order valence-corrected chi connectivity index (χ2v) is 3.18. The van der Waals surface area contributed by atoms with E-state index in [9.17, 15) is 0 Å². The van der Waals surface area contributed by atoms with Crippen molar-refractivity contribution in [3.05, 3.63) is 24.0 Å². The van der Waals surface area contributed by atoms with Gasteiger partial charge in [-0.05, 0) is 25.1 Å². The predicted molar refractivity (Wildman–Crippen MR) is 63.0 cm³/mol. The first kappa shape index (κ1) is 11.8. The van der Waals surface area contributed by atoms with E-state index in [0.717, 1.165) is 17.6 Å². The third-order valence-corrected chi connectivity index (χ3v) is 2.31. The number of hydrogen-bond acceptors (Lipinski definition) is 3. The van der Waals surface area contributed by atoms with Crippen LogP contribution in [0.1, 0.15) is 12.7 Å². The molecule has 1 aromatic carbocycles. The fourth-order valence-corrected chi connectivity index (χ4v) is 1.67. The average molecular weight is 228 g/mol. The molecule has 0 saturated heterocycles. The van der Waals surface area contributed by atoms with Gasteiger partial charge in [0.15, 0.2) is 0 Å². The molecule has 2 aromatic rings. The van der Waals surface area contributed by atoms with Gasteiger partial charge in [-0.1, -0.05) is 0 Å². The van der Waals surface area contributed by atoms with E-state index in [1.807, 2.05) is 29.7 Å². The highest BCUT2D eigenvalue weighted by Crippen LogP contribution is 2.18. The van der Waals surface area contributed by atoms with Gasteiger partial charge in [-0.15, -0.1) is 12.4 Å². The van der Waals surface area contributed by atoms with Crippen molar-refractivity contribution in [1.82, 2.24) is 9.55 Å². The minimum absolute atomic E-state index is 0. The molecule has 0 radical (unpaired) electrons. The molecule has 3 N–H and O–H groups in total. The Balaban J connectivity index is 0.00000112. The maximum Gasteiger partial charge on any atom is 0.135 e. The van der Waals surface area contributed by atoms with E-state index in [4.69, 9.17) is 10.8 Å². The van der Waals surface area contributed by atoms with Crippen molar-refractivity contribution in [3.63, 3.8) is 0 Å². The molecular formula is C10H14ClN3O.